The van der Waals surface area contributed by atoms with Crippen molar-refractivity contribution in [2.24, 2.45) is 0 Å². The van der Waals surface area contributed by atoms with Crippen LogP contribution in [0.25, 0.3) is 50.5 Å². The number of pyridine rings is 1. The fourth-order valence-electron chi connectivity index (χ4n) is 5.07. The van der Waals surface area contributed by atoms with Crippen LogP contribution in [0.4, 0.5) is 13.2 Å². The van der Waals surface area contributed by atoms with Crippen LogP contribution in [0.2, 0.25) is 0 Å². The average molecular weight is 640 g/mol. The van der Waals surface area contributed by atoms with Gasteiger partial charge in [0.15, 0.2) is 10.1 Å². The van der Waals surface area contributed by atoms with Crippen molar-refractivity contribution in [3.63, 3.8) is 0 Å². The highest BCUT2D eigenvalue weighted by Gasteiger charge is 2.37. The van der Waals surface area contributed by atoms with Crippen molar-refractivity contribution in [2.45, 2.75) is 5.51 Å². The van der Waals surface area contributed by atoms with Crippen LogP contribution >= 0.6 is 0 Å². The molecule has 0 N–H and O–H groups in total. The van der Waals surface area contributed by atoms with Gasteiger partial charge >= 0.3 is 5.51 Å². The standard InChI is InChI=1S/C36H28NO.CHF3O3S/c1-38-32-24-22-31(23-25-32)37-34(28-16-8-3-9-17-28)26-33(27-14-6-2-7-15-27)35(29-18-10-4-11-19-29)36(37)30-20-12-5-13-21-30;2-1(3,4)8(5,6)7/h2-26H,1H3;(H,5,6,7)/q+1;/p-1. The Bertz CT molecular complexity index is 2000. The molecule has 6 rings (SSSR count). The van der Waals surface area contributed by atoms with E-state index in [0.717, 1.165) is 34.0 Å². The number of methoxy groups -OCH3 is 1. The fourth-order valence-corrected chi connectivity index (χ4v) is 5.07. The maximum Gasteiger partial charge on any atom is 0.485 e. The molecule has 0 radical (unpaired) electrons. The van der Waals surface area contributed by atoms with E-state index < -0.39 is 15.6 Å². The van der Waals surface area contributed by atoms with Gasteiger partial charge in [0.1, 0.15) is 5.75 Å². The molecule has 0 spiro atoms. The van der Waals surface area contributed by atoms with Crippen LogP contribution in [-0.2, 0) is 10.1 Å². The molecule has 232 valence electrons. The van der Waals surface area contributed by atoms with Gasteiger partial charge in [-0.05, 0) is 47.5 Å². The van der Waals surface area contributed by atoms with Crippen LogP contribution in [0.3, 0.4) is 0 Å². The molecule has 0 saturated heterocycles. The Labute approximate surface area is 265 Å². The van der Waals surface area contributed by atoms with Crippen molar-refractivity contribution >= 4 is 10.1 Å². The third-order valence-corrected chi connectivity index (χ3v) is 7.70. The molecule has 46 heavy (non-hydrogen) atoms. The summed E-state index contributed by atoms with van der Waals surface area (Å²) in [6, 6.07) is 53.4. The quantitative estimate of drug-likeness (QED) is 0.104. The Kier molecular flexibility index (Phi) is 9.65. The third-order valence-electron chi connectivity index (χ3n) is 7.13. The summed E-state index contributed by atoms with van der Waals surface area (Å²) in [4.78, 5) is 0. The molecule has 0 atom stereocenters. The number of rotatable bonds is 6. The smallest absolute Gasteiger partial charge is 0.485 e. The van der Waals surface area contributed by atoms with E-state index in [2.05, 4.69) is 144 Å². The first-order valence-electron chi connectivity index (χ1n) is 14.1. The minimum Gasteiger partial charge on any atom is -0.741 e. The monoisotopic (exact) mass is 639 g/mol. The molecule has 0 unspecified atom stereocenters. The third kappa shape index (κ3) is 7.17. The van der Waals surface area contributed by atoms with E-state index in [1.165, 1.54) is 22.3 Å². The fraction of sp³-hybridized carbons (Fsp3) is 0.0541. The summed E-state index contributed by atoms with van der Waals surface area (Å²) in [6.45, 7) is 0. The molecule has 0 aliphatic carbocycles. The lowest BCUT2D eigenvalue weighted by Crippen LogP contribution is -2.37. The van der Waals surface area contributed by atoms with E-state index in [1.54, 1.807) is 7.11 Å². The van der Waals surface area contributed by atoms with Crippen LogP contribution in [0, 0.1) is 0 Å². The molecule has 0 saturated carbocycles. The first-order chi connectivity index (χ1) is 22.1. The highest BCUT2D eigenvalue weighted by Crippen LogP contribution is 2.41. The predicted molar refractivity (Wildman–Crippen MR) is 172 cm³/mol. The molecule has 0 amide bonds. The maximum absolute atomic E-state index is 10.7. The maximum atomic E-state index is 10.7. The average Bonchev–Trinajstić information content (AvgIpc) is 3.08. The minimum atomic E-state index is -6.09. The van der Waals surface area contributed by atoms with Gasteiger partial charge in [0.05, 0.1) is 12.7 Å². The first kappa shape index (κ1) is 32.2. The van der Waals surface area contributed by atoms with Gasteiger partial charge in [-0.15, -0.1) is 0 Å². The zero-order valence-corrected chi connectivity index (χ0v) is 25.4. The Morgan fingerprint density at radius 1 is 0.609 bits per heavy atom. The molecule has 1 aromatic heterocycles. The van der Waals surface area contributed by atoms with E-state index in [9.17, 15) is 13.2 Å². The second kappa shape index (κ2) is 13.8. The van der Waals surface area contributed by atoms with Gasteiger partial charge in [0.25, 0.3) is 0 Å². The summed E-state index contributed by atoms with van der Waals surface area (Å²) in [6.07, 6.45) is 0. The van der Waals surface area contributed by atoms with Crippen molar-refractivity contribution in [3.8, 4) is 56.2 Å². The SMILES string of the molecule is COc1ccc(-[n+]2c(-c3ccccc3)cc(-c3ccccc3)c(-c3ccccc3)c2-c2ccccc2)cc1.O=S(=O)([O-])C(F)(F)F. The molecule has 5 nitrogen and oxygen atoms in total. The number of hydrogen-bond donors (Lipinski definition) is 0. The summed E-state index contributed by atoms with van der Waals surface area (Å²) in [5, 5.41) is 0. The number of halogens is 3. The summed E-state index contributed by atoms with van der Waals surface area (Å²) >= 11 is 0. The van der Waals surface area contributed by atoms with Gasteiger partial charge in [-0.1, -0.05) is 97.1 Å². The van der Waals surface area contributed by atoms with Gasteiger partial charge in [-0.2, -0.15) is 17.7 Å². The highest BCUT2D eigenvalue weighted by atomic mass is 32.2. The molecule has 9 heteroatoms. The molecular formula is C37H28F3NO4S. The van der Waals surface area contributed by atoms with Crippen LogP contribution in [0.1, 0.15) is 0 Å². The summed E-state index contributed by atoms with van der Waals surface area (Å²) < 4.78 is 66.8. The molecule has 0 fully saturated rings. The number of nitrogens with zero attached hydrogens (tertiary/aromatic N) is 1. The lowest BCUT2D eigenvalue weighted by atomic mass is 9.88. The summed E-state index contributed by atoms with van der Waals surface area (Å²) in [5.41, 5.74) is 4.73. The van der Waals surface area contributed by atoms with Crippen molar-refractivity contribution < 1.29 is 35.4 Å². The topological polar surface area (TPSA) is 70.3 Å². The number of alkyl halides is 3. The molecule has 0 bridgehead atoms. The minimum absolute atomic E-state index is 0.834. The van der Waals surface area contributed by atoms with Gasteiger partial charge in [0.2, 0.25) is 17.1 Å². The van der Waals surface area contributed by atoms with Crippen LogP contribution in [-0.4, -0.2) is 25.6 Å². The molecule has 6 aromatic rings. The number of hydrogen-bond acceptors (Lipinski definition) is 4. The lowest BCUT2D eigenvalue weighted by molar-refractivity contribution is -0.571. The van der Waals surface area contributed by atoms with E-state index in [4.69, 9.17) is 17.7 Å². The number of aromatic nitrogens is 1. The second-order valence-corrected chi connectivity index (χ2v) is 11.4. The van der Waals surface area contributed by atoms with Crippen LogP contribution < -0.4 is 9.30 Å². The van der Waals surface area contributed by atoms with Crippen molar-refractivity contribution in [2.75, 3.05) is 7.11 Å². The van der Waals surface area contributed by atoms with Crippen molar-refractivity contribution in [1.29, 1.82) is 0 Å². The Morgan fingerprint density at radius 3 is 1.46 bits per heavy atom. The second-order valence-electron chi connectivity index (χ2n) is 10.1. The predicted octanol–water partition coefficient (Wildman–Crippen LogP) is 8.69. The molecular weight excluding hydrogens is 611 g/mol. The van der Waals surface area contributed by atoms with Gasteiger partial charge in [-0.3, -0.25) is 0 Å². The van der Waals surface area contributed by atoms with Crippen LogP contribution in [0.5, 0.6) is 5.75 Å². The zero-order valence-electron chi connectivity index (χ0n) is 24.6. The van der Waals surface area contributed by atoms with E-state index in [1.807, 2.05) is 12.1 Å². The van der Waals surface area contributed by atoms with Gasteiger partial charge in [-0.25, -0.2) is 8.42 Å². The lowest BCUT2D eigenvalue weighted by Gasteiger charge is -2.18. The molecule has 0 aliphatic heterocycles. The van der Waals surface area contributed by atoms with Crippen molar-refractivity contribution in [1.82, 2.24) is 0 Å². The van der Waals surface area contributed by atoms with Gasteiger partial charge in [0, 0.05) is 34.9 Å². The van der Waals surface area contributed by atoms with E-state index >= 15 is 0 Å². The van der Waals surface area contributed by atoms with E-state index in [-0.39, 0.29) is 0 Å². The first-order valence-corrected chi connectivity index (χ1v) is 15.5. The summed E-state index contributed by atoms with van der Waals surface area (Å²) in [5.74, 6) is 0.834. The molecule has 5 aromatic carbocycles. The molecule has 1 heterocycles. The normalized spacial score (nSPS) is 11.3. The Morgan fingerprint density at radius 2 is 1.02 bits per heavy atom. The largest absolute Gasteiger partial charge is 0.741 e. The molecule has 0 aliphatic rings. The van der Waals surface area contributed by atoms with Crippen LogP contribution in [0.15, 0.2) is 152 Å². The Hall–Kier alpha value is -5.25. The van der Waals surface area contributed by atoms with E-state index in [0.29, 0.717) is 0 Å². The van der Waals surface area contributed by atoms with Crippen molar-refractivity contribution in [3.05, 3.63) is 152 Å². The number of benzene rings is 5. The number of ether oxygens (including phenoxy) is 1. The van der Waals surface area contributed by atoms with Gasteiger partial charge < -0.3 is 9.29 Å². The highest BCUT2D eigenvalue weighted by molar-refractivity contribution is 7.86. The summed E-state index contributed by atoms with van der Waals surface area (Å²) in [7, 11) is -4.39. The zero-order chi connectivity index (χ0) is 32.7. The Balaban J connectivity index is 0.000000463.